The van der Waals surface area contributed by atoms with Gasteiger partial charge in [0.05, 0.1) is 11.5 Å². The maximum Gasteiger partial charge on any atom is 0.254 e. The van der Waals surface area contributed by atoms with Crippen LogP contribution in [-0.4, -0.2) is 60.7 Å². The molecule has 27 heavy (non-hydrogen) atoms. The molecule has 2 amide bonds. The van der Waals surface area contributed by atoms with E-state index in [1.54, 1.807) is 17.0 Å². The zero-order valence-electron chi connectivity index (χ0n) is 15.9. The fourth-order valence-electron chi connectivity index (χ4n) is 3.81. The molecule has 0 aliphatic carbocycles. The summed E-state index contributed by atoms with van der Waals surface area (Å²) in [5, 5.41) is 0. The van der Waals surface area contributed by atoms with Crippen molar-refractivity contribution >= 4 is 21.7 Å². The molecule has 3 rings (SSSR count). The van der Waals surface area contributed by atoms with Crippen molar-refractivity contribution in [2.24, 2.45) is 0 Å². The lowest BCUT2D eigenvalue weighted by Crippen LogP contribution is -2.41. The Bertz CT molecular complexity index is 789. The molecule has 1 unspecified atom stereocenters. The summed E-state index contributed by atoms with van der Waals surface area (Å²) in [5.74, 6) is 0.311. The summed E-state index contributed by atoms with van der Waals surface area (Å²) in [7, 11) is -3.04. The smallest absolute Gasteiger partial charge is 0.254 e. The van der Waals surface area contributed by atoms with Crippen molar-refractivity contribution in [3.8, 4) is 0 Å². The highest BCUT2D eigenvalue weighted by atomic mass is 32.2. The van der Waals surface area contributed by atoms with Gasteiger partial charge < -0.3 is 9.80 Å². The summed E-state index contributed by atoms with van der Waals surface area (Å²) in [6.07, 6.45) is 3.86. The zero-order valence-corrected chi connectivity index (χ0v) is 16.7. The van der Waals surface area contributed by atoms with Crippen LogP contribution in [0.25, 0.3) is 0 Å². The van der Waals surface area contributed by atoms with Crippen LogP contribution in [0.1, 0.15) is 54.9 Å². The van der Waals surface area contributed by atoms with Crippen LogP contribution in [0.15, 0.2) is 24.3 Å². The van der Waals surface area contributed by atoms with Crippen molar-refractivity contribution in [2.75, 3.05) is 24.6 Å². The Morgan fingerprint density at radius 2 is 2.00 bits per heavy atom. The second-order valence-electron chi connectivity index (χ2n) is 7.52. The SMILES string of the molecule is CCCCN(C(=O)c1ccc(CN2CCCC2=O)cc1)C1CCS(=O)(=O)C1. The number of carbonyl (C=O) groups excluding carboxylic acids is 2. The first kappa shape index (κ1) is 19.9. The van der Waals surface area contributed by atoms with E-state index in [1.807, 2.05) is 17.0 Å². The third-order valence-electron chi connectivity index (χ3n) is 5.41. The summed E-state index contributed by atoms with van der Waals surface area (Å²) in [6.45, 7) is 4.01. The minimum absolute atomic E-state index is 0.0671. The number of sulfone groups is 1. The van der Waals surface area contributed by atoms with E-state index >= 15 is 0 Å². The van der Waals surface area contributed by atoms with Gasteiger partial charge in [-0.05, 0) is 37.0 Å². The Hall–Kier alpha value is -1.89. The van der Waals surface area contributed by atoms with Crippen LogP contribution in [-0.2, 0) is 21.2 Å². The number of amides is 2. The monoisotopic (exact) mass is 392 g/mol. The van der Waals surface area contributed by atoms with Gasteiger partial charge in [0.2, 0.25) is 5.91 Å². The lowest BCUT2D eigenvalue weighted by Gasteiger charge is -2.28. The number of carbonyl (C=O) groups is 2. The Morgan fingerprint density at radius 1 is 1.26 bits per heavy atom. The Balaban J connectivity index is 1.70. The molecule has 1 aromatic carbocycles. The lowest BCUT2D eigenvalue weighted by molar-refractivity contribution is -0.128. The van der Waals surface area contributed by atoms with E-state index in [9.17, 15) is 18.0 Å². The van der Waals surface area contributed by atoms with E-state index in [1.165, 1.54) is 0 Å². The normalized spacial score (nSPS) is 21.6. The molecule has 7 heteroatoms. The molecule has 0 saturated carbocycles. The van der Waals surface area contributed by atoms with Crippen molar-refractivity contribution in [3.05, 3.63) is 35.4 Å². The fraction of sp³-hybridized carbons (Fsp3) is 0.600. The fourth-order valence-corrected chi connectivity index (χ4v) is 5.54. The molecule has 148 valence electrons. The molecule has 0 N–H and O–H groups in total. The number of rotatable bonds is 7. The molecule has 0 aromatic heterocycles. The third kappa shape index (κ3) is 4.89. The van der Waals surface area contributed by atoms with Crippen LogP contribution in [0, 0.1) is 0 Å². The maximum absolute atomic E-state index is 13.0. The van der Waals surface area contributed by atoms with Gasteiger partial charge >= 0.3 is 0 Å². The van der Waals surface area contributed by atoms with E-state index in [4.69, 9.17) is 0 Å². The minimum atomic E-state index is -3.04. The summed E-state index contributed by atoms with van der Waals surface area (Å²) in [4.78, 5) is 28.4. The standard InChI is InChI=1S/C20H28N2O4S/c1-2-3-12-22(18-10-13-27(25,26)15-18)20(24)17-8-6-16(7-9-17)14-21-11-4-5-19(21)23/h6-9,18H,2-5,10-15H2,1H3. The van der Waals surface area contributed by atoms with Crippen LogP contribution >= 0.6 is 0 Å². The average molecular weight is 393 g/mol. The number of hydrogen-bond donors (Lipinski definition) is 0. The molecule has 0 spiro atoms. The lowest BCUT2D eigenvalue weighted by atomic mass is 10.1. The van der Waals surface area contributed by atoms with E-state index in [0.29, 0.717) is 31.5 Å². The maximum atomic E-state index is 13.0. The van der Waals surface area contributed by atoms with Gasteiger partial charge in [0.25, 0.3) is 5.91 Å². The van der Waals surface area contributed by atoms with Gasteiger partial charge in [-0.1, -0.05) is 25.5 Å². The molecule has 6 nitrogen and oxygen atoms in total. The number of nitrogens with zero attached hydrogens (tertiary/aromatic N) is 2. The van der Waals surface area contributed by atoms with Crippen molar-refractivity contribution in [3.63, 3.8) is 0 Å². The molecule has 2 saturated heterocycles. The summed E-state index contributed by atoms with van der Waals surface area (Å²) < 4.78 is 23.7. The van der Waals surface area contributed by atoms with Crippen molar-refractivity contribution in [1.29, 1.82) is 0 Å². The largest absolute Gasteiger partial charge is 0.338 e. The second kappa shape index (κ2) is 8.42. The van der Waals surface area contributed by atoms with Crippen LogP contribution in [0.5, 0.6) is 0 Å². The van der Waals surface area contributed by atoms with E-state index in [0.717, 1.165) is 31.4 Å². The van der Waals surface area contributed by atoms with Gasteiger partial charge in [-0.15, -0.1) is 0 Å². The highest BCUT2D eigenvalue weighted by Crippen LogP contribution is 2.21. The van der Waals surface area contributed by atoms with Gasteiger partial charge in [0, 0.05) is 37.7 Å². The van der Waals surface area contributed by atoms with Crippen LogP contribution in [0.3, 0.4) is 0 Å². The molecular weight excluding hydrogens is 364 g/mol. The predicted octanol–water partition coefficient (Wildman–Crippen LogP) is 2.24. The number of hydrogen-bond acceptors (Lipinski definition) is 4. The zero-order chi connectivity index (χ0) is 19.4. The van der Waals surface area contributed by atoms with E-state index in [2.05, 4.69) is 6.92 Å². The first-order valence-corrected chi connectivity index (χ1v) is 11.6. The van der Waals surface area contributed by atoms with E-state index < -0.39 is 9.84 Å². The van der Waals surface area contributed by atoms with E-state index in [-0.39, 0.29) is 29.4 Å². The molecule has 0 radical (unpaired) electrons. The topological polar surface area (TPSA) is 74.8 Å². The van der Waals surface area contributed by atoms with Crippen molar-refractivity contribution < 1.29 is 18.0 Å². The number of benzene rings is 1. The predicted molar refractivity (Wildman–Crippen MR) is 104 cm³/mol. The van der Waals surface area contributed by atoms with Gasteiger partial charge in [-0.25, -0.2) is 8.42 Å². The molecule has 0 bridgehead atoms. The first-order valence-electron chi connectivity index (χ1n) is 9.78. The van der Waals surface area contributed by atoms with Crippen LogP contribution in [0.2, 0.25) is 0 Å². The Labute approximate surface area is 161 Å². The quantitative estimate of drug-likeness (QED) is 0.713. The van der Waals surface area contributed by atoms with Crippen molar-refractivity contribution in [1.82, 2.24) is 9.80 Å². The highest BCUT2D eigenvalue weighted by molar-refractivity contribution is 7.91. The minimum Gasteiger partial charge on any atom is -0.338 e. The molecule has 2 aliphatic heterocycles. The summed E-state index contributed by atoms with van der Waals surface area (Å²) >= 11 is 0. The van der Waals surface area contributed by atoms with Crippen molar-refractivity contribution in [2.45, 2.75) is 51.6 Å². The molecule has 1 atom stereocenters. The molecule has 2 fully saturated rings. The average Bonchev–Trinajstić information content (AvgIpc) is 3.21. The van der Waals surface area contributed by atoms with Gasteiger partial charge in [-0.2, -0.15) is 0 Å². The third-order valence-corrected chi connectivity index (χ3v) is 7.16. The Kier molecular flexibility index (Phi) is 6.19. The highest BCUT2D eigenvalue weighted by Gasteiger charge is 2.34. The molecule has 2 heterocycles. The number of unbranched alkanes of at least 4 members (excludes halogenated alkanes) is 1. The molecule has 2 aliphatic rings. The van der Waals surface area contributed by atoms with Crippen LogP contribution < -0.4 is 0 Å². The second-order valence-corrected chi connectivity index (χ2v) is 9.75. The number of likely N-dealkylation sites (tertiary alicyclic amines) is 1. The summed E-state index contributed by atoms with van der Waals surface area (Å²) in [6, 6.07) is 7.14. The van der Waals surface area contributed by atoms with Gasteiger partial charge in [0.1, 0.15) is 0 Å². The van der Waals surface area contributed by atoms with Gasteiger partial charge in [0.15, 0.2) is 9.84 Å². The molecular formula is C20H28N2O4S. The van der Waals surface area contributed by atoms with Gasteiger partial charge in [-0.3, -0.25) is 9.59 Å². The van der Waals surface area contributed by atoms with Crippen LogP contribution in [0.4, 0.5) is 0 Å². The summed E-state index contributed by atoms with van der Waals surface area (Å²) in [5.41, 5.74) is 1.58. The first-order chi connectivity index (χ1) is 12.9. The Morgan fingerprint density at radius 3 is 2.56 bits per heavy atom. The molecule has 1 aromatic rings.